The zero-order chi connectivity index (χ0) is 13.4. The van der Waals surface area contributed by atoms with Crippen LogP contribution in [0.5, 0.6) is 0 Å². The lowest BCUT2D eigenvalue weighted by Crippen LogP contribution is -2.45. The van der Waals surface area contributed by atoms with Crippen molar-refractivity contribution in [1.29, 1.82) is 0 Å². The van der Waals surface area contributed by atoms with E-state index in [4.69, 9.17) is 5.11 Å². The van der Waals surface area contributed by atoms with E-state index >= 15 is 0 Å². The van der Waals surface area contributed by atoms with Gasteiger partial charge in [0.1, 0.15) is 0 Å². The maximum absolute atomic E-state index is 11.7. The number of urea groups is 1. The Bertz CT molecular complexity index is 261. The van der Waals surface area contributed by atoms with Crippen molar-refractivity contribution in [2.45, 2.75) is 26.8 Å². The Morgan fingerprint density at radius 1 is 1.41 bits per heavy atom. The summed E-state index contributed by atoms with van der Waals surface area (Å²) in [7, 11) is 1.61. The summed E-state index contributed by atoms with van der Waals surface area (Å²) in [6.07, 6.45) is 0. The summed E-state index contributed by atoms with van der Waals surface area (Å²) >= 11 is 1.76. The van der Waals surface area contributed by atoms with Crippen molar-refractivity contribution in [2.24, 2.45) is 5.92 Å². The van der Waals surface area contributed by atoms with Crippen LogP contribution in [0.2, 0.25) is 0 Å². The molecule has 0 aromatic rings. The maximum atomic E-state index is 11.7. The van der Waals surface area contributed by atoms with Crippen molar-refractivity contribution >= 4 is 23.8 Å². The van der Waals surface area contributed by atoms with Gasteiger partial charge in [0.2, 0.25) is 0 Å². The molecule has 0 aromatic carbocycles. The quantitative estimate of drug-likeness (QED) is 0.729. The predicted molar refractivity (Wildman–Crippen MR) is 70.4 cm³/mol. The van der Waals surface area contributed by atoms with Gasteiger partial charge in [0, 0.05) is 25.4 Å². The standard InChI is InChI=1S/C11H22N2O3S/c1-5-17-7-9(3)12-11(16)13(4)6-8(2)10(14)15/h8-9H,5-7H2,1-4H3,(H,12,16)(H,14,15). The first-order chi connectivity index (χ1) is 7.88. The fraction of sp³-hybridized carbons (Fsp3) is 0.818. The summed E-state index contributed by atoms with van der Waals surface area (Å²) in [6, 6.07) is -0.127. The molecule has 0 heterocycles. The third-order valence-electron chi connectivity index (χ3n) is 2.26. The second kappa shape index (κ2) is 8.22. The number of rotatable bonds is 7. The number of hydrogen-bond acceptors (Lipinski definition) is 3. The average Bonchev–Trinajstić information content (AvgIpc) is 2.25. The first-order valence-corrected chi connectivity index (χ1v) is 6.86. The van der Waals surface area contributed by atoms with Crippen LogP contribution in [0.3, 0.4) is 0 Å². The monoisotopic (exact) mass is 262 g/mol. The first kappa shape index (κ1) is 16.1. The summed E-state index contributed by atoms with van der Waals surface area (Å²) in [5, 5.41) is 11.6. The second-order valence-electron chi connectivity index (χ2n) is 4.13. The van der Waals surface area contributed by atoms with E-state index in [1.54, 1.807) is 25.7 Å². The largest absolute Gasteiger partial charge is 0.481 e. The molecular formula is C11H22N2O3S. The van der Waals surface area contributed by atoms with Crippen molar-refractivity contribution in [1.82, 2.24) is 10.2 Å². The number of carboxylic acids is 1. The van der Waals surface area contributed by atoms with Gasteiger partial charge < -0.3 is 15.3 Å². The summed E-state index contributed by atoms with van der Waals surface area (Å²) < 4.78 is 0. The Morgan fingerprint density at radius 3 is 2.47 bits per heavy atom. The number of hydrogen-bond donors (Lipinski definition) is 2. The van der Waals surface area contributed by atoms with Crippen LogP contribution in [0.25, 0.3) is 0 Å². The predicted octanol–water partition coefficient (Wildman–Crippen LogP) is 1.49. The molecule has 0 bridgehead atoms. The van der Waals surface area contributed by atoms with E-state index in [9.17, 15) is 9.59 Å². The van der Waals surface area contributed by atoms with Crippen molar-refractivity contribution in [3.63, 3.8) is 0 Å². The van der Waals surface area contributed by atoms with E-state index in [0.717, 1.165) is 11.5 Å². The molecule has 0 fully saturated rings. The molecule has 100 valence electrons. The lowest BCUT2D eigenvalue weighted by Gasteiger charge is -2.22. The lowest BCUT2D eigenvalue weighted by atomic mass is 10.2. The fourth-order valence-electron chi connectivity index (χ4n) is 1.23. The van der Waals surface area contributed by atoms with Crippen molar-refractivity contribution in [3.8, 4) is 0 Å². The third-order valence-corrected chi connectivity index (χ3v) is 3.40. The van der Waals surface area contributed by atoms with Gasteiger partial charge in [-0.15, -0.1) is 0 Å². The molecule has 2 atom stereocenters. The van der Waals surface area contributed by atoms with E-state index in [1.807, 2.05) is 6.92 Å². The van der Waals surface area contributed by atoms with Crippen molar-refractivity contribution in [3.05, 3.63) is 0 Å². The van der Waals surface area contributed by atoms with Crippen LogP contribution in [-0.2, 0) is 4.79 Å². The normalized spacial score (nSPS) is 13.9. The molecule has 0 aliphatic heterocycles. The third kappa shape index (κ3) is 7.10. The molecule has 0 rings (SSSR count). The summed E-state index contributed by atoms with van der Waals surface area (Å²) in [6.45, 7) is 5.81. The molecule has 0 saturated carbocycles. The van der Waals surface area contributed by atoms with E-state index in [1.165, 1.54) is 4.90 Å². The number of aliphatic carboxylic acids is 1. The molecule has 6 heteroatoms. The first-order valence-electron chi connectivity index (χ1n) is 5.70. The molecule has 0 radical (unpaired) electrons. The Kier molecular flexibility index (Phi) is 7.78. The topological polar surface area (TPSA) is 69.6 Å². The molecule has 0 saturated heterocycles. The van der Waals surface area contributed by atoms with Crippen LogP contribution < -0.4 is 5.32 Å². The fourth-order valence-corrected chi connectivity index (χ4v) is 1.90. The number of carboxylic acid groups (broad SMARTS) is 1. The minimum Gasteiger partial charge on any atom is -0.481 e. The number of carbonyl (C=O) groups excluding carboxylic acids is 1. The molecular weight excluding hydrogens is 240 g/mol. The smallest absolute Gasteiger partial charge is 0.317 e. The highest BCUT2D eigenvalue weighted by molar-refractivity contribution is 7.99. The zero-order valence-electron chi connectivity index (χ0n) is 10.9. The van der Waals surface area contributed by atoms with Gasteiger partial charge >= 0.3 is 12.0 Å². The average molecular weight is 262 g/mol. The second-order valence-corrected chi connectivity index (χ2v) is 5.45. The molecule has 0 aliphatic carbocycles. The van der Waals surface area contributed by atoms with Gasteiger partial charge in [-0.05, 0) is 12.7 Å². The number of thioether (sulfide) groups is 1. The zero-order valence-corrected chi connectivity index (χ0v) is 11.7. The highest BCUT2D eigenvalue weighted by Crippen LogP contribution is 2.03. The van der Waals surface area contributed by atoms with E-state index in [2.05, 4.69) is 12.2 Å². The minimum atomic E-state index is -0.890. The summed E-state index contributed by atoms with van der Waals surface area (Å²) in [5.41, 5.74) is 0. The molecule has 2 N–H and O–H groups in total. The minimum absolute atomic E-state index is 0.0926. The van der Waals surface area contributed by atoms with Crippen LogP contribution in [0.4, 0.5) is 4.79 Å². The van der Waals surface area contributed by atoms with E-state index in [-0.39, 0.29) is 18.6 Å². The molecule has 2 amide bonds. The van der Waals surface area contributed by atoms with Gasteiger partial charge in [-0.1, -0.05) is 13.8 Å². The van der Waals surface area contributed by atoms with Crippen LogP contribution in [0, 0.1) is 5.92 Å². The van der Waals surface area contributed by atoms with Gasteiger partial charge in [-0.25, -0.2) is 4.79 Å². The summed E-state index contributed by atoms with van der Waals surface area (Å²) in [5.74, 6) is 0.446. The number of amides is 2. The molecule has 17 heavy (non-hydrogen) atoms. The van der Waals surface area contributed by atoms with Crippen LogP contribution in [0.1, 0.15) is 20.8 Å². The molecule has 0 aromatic heterocycles. The molecule has 0 spiro atoms. The number of nitrogens with one attached hydrogen (secondary N) is 1. The Balaban J connectivity index is 4.00. The molecule has 2 unspecified atom stereocenters. The Labute approximate surface area is 107 Å². The lowest BCUT2D eigenvalue weighted by molar-refractivity contribution is -0.141. The van der Waals surface area contributed by atoms with Gasteiger partial charge in [0.25, 0.3) is 0 Å². The van der Waals surface area contributed by atoms with E-state index in [0.29, 0.717) is 0 Å². The summed E-state index contributed by atoms with van der Waals surface area (Å²) in [4.78, 5) is 23.8. The number of carbonyl (C=O) groups is 2. The van der Waals surface area contributed by atoms with Crippen LogP contribution >= 0.6 is 11.8 Å². The Hall–Kier alpha value is -0.910. The van der Waals surface area contributed by atoms with Crippen LogP contribution in [0.15, 0.2) is 0 Å². The van der Waals surface area contributed by atoms with Crippen molar-refractivity contribution in [2.75, 3.05) is 25.1 Å². The molecule has 5 nitrogen and oxygen atoms in total. The van der Waals surface area contributed by atoms with Crippen molar-refractivity contribution < 1.29 is 14.7 Å². The highest BCUT2D eigenvalue weighted by Gasteiger charge is 2.18. The van der Waals surface area contributed by atoms with E-state index < -0.39 is 11.9 Å². The Morgan fingerprint density at radius 2 is 2.00 bits per heavy atom. The molecule has 0 aliphatic rings. The van der Waals surface area contributed by atoms with Gasteiger partial charge in [-0.3, -0.25) is 4.79 Å². The SMILES string of the molecule is CCSCC(C)NC(=O)N(C)CC(C)C(=O)O. The van der Waals surface area contributed by atoms with Crippen LogP contribution in [-0.4, -0.2) is 53.1 Å². The van der Waals surface area contributed by atoms with Gasteiger partial charge in [0.15, 0.2) is 0 Å². The van der Waals surface area contributed by atoms with Gasteiger partial charge in [0.05, 0.1) is 5.92 Å². The highest BCUT2D eigenvalue weighted by atomic mass is 32.2. The maximum Gasteiger partial charge on any atom is 0.317 e. The van der Waals surface area contributed by atoms with Gasteiger partial charge in [-0.2, -0.15) is 11.8 Å². The number of nitrogens with zero attached hydrogens (tertiary/aromatic N) is 1.